The zero-order chi connectivity index (χ0) is 24.0. The van der Waals surface area contributed by atoms with E-state index in [1.54, 1.807) is 37.3 Å². The zero-order valence-electron chi connectivity index (χ0n) is 18.5. The molecule has 0 bridgehead atoms. The third-order valence-corrected chi connectivity index (χ3v) is 5.37. The number of hydrogen-bond donors (Lipinski definition) is 1. The maximum atomic E-state index is 13.9. The summed E-state index contributed by atoms with van der Waals surface area (Å²) in [5, 5.41) is 10.4. The van der Waals surface area contributed by atoms with Crippen molar-refractivity contribution in [2.45, 2.75) is 25.2 Å². The van der Waals surface area contributed by atoms with Crippen LogP contribution in [0.1, 0.15) is 22.4 Å². The number of ether oxygens (including phenoxy) is 2. The number of nitrogens with zero attached hydrogens (tertiary/aromatic N) is 2. The van der Waals surface area contributed by atoms with Crippen molar-refractivity contribution in [1.29, 1.82) is 0 Å². The maximum absolute atomic E-state index is 13.9. The SMILES string of the molecule is Cc1ccnc(OC(C(=O)O)C(OCc2ccccc2)(c2ccccc2)c2ccc(F)cc2)n1. The highest BCUT2D eigenvalue weighted by Crippen LogP contribution is 2.40. The van der Waals surface area contributed by atoms with E-state index in [0.717, 1.165) is 5.56 Å². The van der Waals surface area contributed by atoms with Crippen LogP contribution in [-0.4, -0.2) is 27.1 Å². The molecule has 0 radical (unpaired) electrons. The summed E-state index contributed by atoms with van der Waals surface area (Å²) in [7, 11) is 0. The van der Waals surface area contributed by atoms with Crippen molar-refractivity contribution >= 4 is 5.97 Å². The Morgan fingerprint density at radius 2 is 1.56 bits per heavy atom. The molecule has 0 spiro atoms. The second-order valence-corrected chi connectivity index (χ2v) is 7.70. The summed E-state index contributed by atoms with van der Waals surface area (Å²) in [6, 6.07) is 25.4. The van der Waals surface area contributed by atoms with Crippen LogP contribution in [0.25, 0.3) is 0 Å². The molecule has 4 rings (SSSR count). The average Bonchev–Trinajstić information content (AvgIpc) is 2.86. The van der Waals surface area contributed by atoms with Crippen LogP contribution in [0.4, 0.5) is 4.39 Å². The topological polar surface area (TPSA) is 81.5 Å². The molecule has 0 saturated heterocycles. The molecule has 0 saturated carbocycles. The first kappa shape index (κ1) is 23.1. The highest BCUT2D eigenvalue weighted by molar-refractivity contribution is 5.76. The normalized spacial score (nSPS) is 13.6. The first-order valence-corrected chi connectivity index (χ1v) is 10.7. The predicted molar refractivity (Wildman–Crippen MR) is 124 cm³/mol. The Morgan fingerprint density at radius 3 is 2.18 bits per heavy atom. The number of carbonyl (C=O) groups is 1. The molecule has 7 heteroatoms. The van der Waals surface area contributed by atoms with Crippen LogP contribution in [0, 0.1) is 12.7 Å². The lowest BCUT2D eigenvalue weighted by Crippen LogP contribution is -2.51. The summed E-state index contributed by atoms with van der Waals surface area (Å²) < 4.78 is 26.2. The van der Waals surface area contributed by atoms with Crippen LogP contribution in [-0.2, 0) is 21.7 Å². The van der Waals surface area contributed by atoms with E-state index in [4.69, 9.17) is 9.47 Å². The molecule has 1 heterocycles. The van der Waals surface area contributed by atoms with Gasteiger partial charge in [0.1, 0.15) is 5.82 Å². The van der Waals surface area contributed by atoms with Crippen LogP contribution >= 0.6 is 0 Å². The lowest BCUT2D eigenvalue weighted by Gasteiger charge is -2.39. The van der Waals surface area contributed by atoms with Crippen molar-refractivity contribution < 1.29 is 23.8 Å². The standard InChI is InChI=1S/C27H23FN2O4/c1-19-16-17-29-26(30-19)34-24(25(31)32)27(21-10-6-3-7-11-21,22-12-14-23(28)15-13-22)33-18-20-8-4-2-5-9-20/h2-17,24H,18H2,1H3,(H,31,32). The third kappa shape index (κ3) is 4.94. The van der Waals surface area contributed by atoms with E-state index in [1.807, 2.05) is 36.4 Å². The number of carboxylic acids is 1. The summed E-state index contributed by atoms with van der Waals surface area (Å²) in [5.74, 6) is -1.74. The van der Waals surface area contributed by atoms with Gasteiger partial charge in [0.15, 0.2) is 5.60 Å². The molecule has 1 aromatic heterocycles. The molecule has 0 aliphatic carbocycles. The lowest BCUT2D eigenvalue weighted by atomic mass is 9.81. The molecular formula is C27H23FN2O4. The Labute approximate surface area is 196 Å². The molecule has 1 N–H and O–H groups in total. The molecule has 0 amide bonds. The van der Waals surface area contributed by atoms with Crippen molar-refractivity contribution in [2.24, 2.45) is 0 Å². The molecule has 4 aromatic rings. The maximum Gasteiger partial charge on any atom is 0.348 e. The second-order valence-electron chi connectivity index (χ2n) is 7.70. The van der Waals surface area contributed by atoms with E-state index in [2.05, 4.69) is 9.97 Å². The van der Waals surface area contributed by atoms with Gasteiger partial charge in [0, 0.05) is 11.9 Å². The molecular weight excluding hydrogens is 435 g/mol. The monoisotopic (exact) mass is 458 g/mol. The first-order valence-electron chi connectivity index (χ1n) is 10.7. The number of aliphatic carboxylic acids is 1. The Morgan fingerprint density at radius 1 is 0.941 bits per heavy atom. The van der Waals surface area contributed by atoms with Crippen molar-refractivity contribution in [3.63, 3.8) is 0 Å². The zero-order valence-corrected chi connectivity index (χ0v) is 18.5. The van der Waals surface area contributed by atoms with Gasteiger partial charge in [-0.2, -0.15) is 0 Å². The summed E-state index contributed by atoms with van der Waals surface area (Å²) in [5.41, 5.74) is 0.741. The molecule has 3 aromatic carbocycles. The van der Waals surface area contributed by atoms with Gasteiger partial charge in [-0.3, -0.25) is 0 Å². The fourth-order valence-electron chi connectivity index (χ4n) is 3.76. The largest absolute Gasteiger partial charge is 0.478 e. The molecule has 0 fully saturated rings. The molecule has 172 valence electrons. The van der Waals surface area contributed by atoms with Gasteiger partial charge < -0.3 is 14.6 Å². The van der Waals surface area contributed by atoms with E-state index >= 15 is 0 Å². The molecule has 2 unspecified atom stereocenters. The van der Waals surface area contributed by atoms with E-state index in [0.29, 0.717) is 16.8 Å². The number of hydrogen-bond acceptors (Lipinski definition) is 5. The first-order chi connectivity index (χ1) is 16.5. The minimum absolute atomic E-state index is 0.0783. The summed E-state index contributed by atoms with van der Waals surface area (Å²) in [6.07, 6.45) is -0.102. The molecule has 0 aliphatic rings. The molecule has 34 heavy (non-hydrogen) atoms. The van der Waals surface area contributed by atoms with Gasteiger partial charge in [0.2, 0.25) is 6.10 Å². The van der Waals surface area contributed by atoms with Gasteiger partial charge >= 0.3 is 12.0 Å². The van der Waals surface area contributed by atoms with Gasteiger partial charge in [-0.15, -0.1) is 0 Å². The van der Waals surface area contributed by atoms with Gasteiger partial charge in [0.25, 0.3) is 0 Å². The number of aromatic nitrogens is 2. The Balaban J connectivity index is 1.90. The third-order valence-electron chi connectivity index (χ3n) is 5.37. The Kier molecular flexibility index (Phi) is 6.94. The van der Waals surface area contributed by atoms with Crippen LogP contribution in [0.3, 0.4) is 0 Å². The minimum atomic E-state index is -1.65. The lowest BCUT2D eigenvalue weighted by molar-refractivity contribution is -0.166. The number of carboxylic acid groups (broad SMARTS) is 1. The number of halogens is 1. The fraction of sp³-hybridized carbons (Fsp3) is 0.148. The predicted octanol–water partition coefficient (Wildman–Crippen LogP) is 4.92. The minimum Gasteiger partial charge on any atom is -0.478 e. The Hall–Kier alpha value is -4.10. The van der Waals surface area contributed by atoms with Crippen molar-refractivity contribution in [2.75, 3.05) is 0 Å². The highest BCUT2D eigenvalue weighted by atomic mass is 19.1. The van der Waals surface area contributed by atoms with Crippen LogP contribution < -0.4 is 4.74 Å². The van der Waals surface area contributed by atoms with Gasteiger partial charge in [0.05, 0.1) is 6.61 Å². The quantitative estimate of drug-likeness (QED) is 0.384. The average molecular weight is 458 g/mol. The van der Waals surface area contributed by atoms with E-state index in [-0.39, 0.29) is 12.6 Å². The smallest absolute Gasteiger partial charge is 0.348 e. The second kappa shape index (κ2) is 10.2. The van der Waals surface area contributed by atoms with Crippen LogP contribution in [0.2, 0.25) is 0 Å². The van der Waals surface area contributed by atoms with Gasteiger partial charge in [-0.05, 0) is 41.8 Å². The van der Waals surface area contributed by atoms with Crippen molar-refractivity contribution in [1.82, 2.24) is 9.97 Å². The summed E-state index contributed by atoms with van der Waals surface area (Å²) >= 11 is 0. The van der Waals surface area contributed by atoms with E-state index in [9.17, 15) is 14.3 Å². The molecule has 0 aliphatic heterocycles. The van der Waals surface area contributed by atoms with Crippen LogP contribution in [0.5, 0.6) is 6.01 Å². The Bertz CT molecular complexity index is 1240. The highest BCUT2D eigenvalue weighted by Gasteiger charge is 2.50. The number of rotatable bonds is 9. The van der Waals surface area contributed by atoms with Crippen molar-refractivity contribution in [3.8, 4) is 6.01 Å². The van der Waals surface area contributed by atoms with Gasteiger partial charge in [-0.25, -0.2) is 19.2 Å². The molecule has 2 atom stereocenters. The molecule has 6 nitrogen and oxygen atoms in total. The summed E-state index contributed by atoms with van der Waals surface area (Å²) in [4.78, 5) is 21.0. The van der Waals surface area contributed by atoms with E-state index in [1.165, 1.54) is 30.5 Å². The van der Waals surface area contributed by atoms with Crippen LogP contribution in [0.15, 0.2) is 97.2 Å². The number of aryl methyl sites for hydroxylation is 1. The number of benzene rings is 3. The van der Waals surface area contributed by atoms with Crippen molar-refractivity contribution in [3.05, 3.63) is 125 Å². The summed E-state index contributed by atoms with van der Waals surface area (Å²) in [6.45, 7) is 1.83. The van der Waals surface area contributed by atoms with E-state index < -0.39 is 23.5 Å². The fourth-order valence-corrected chi connectivity index (χ4v) is 3.76. The van der Waals surface area contributed by atoms with Gasteiger partial charge in [-0.1, -0.05) is 72.8 Å².